The van der Waals surface area contributed by atoms with Crippen molar-refractivity contribution in [3.05, 3.63) is 108 Å². The highest BCUT2D eigenvalue weighted by Crippen LogP contribution is 2.34. The van der Waals surface area contributed by atoms with Crippen LogP contribution in [0.1, 0.15) is 23.6 Å². The first-order valence-corrected chi connectivity index (χ1v) is 14.0. The summed E-state index contributed by atoms with van der Waals surface area (Å²) in [5.74, 6) is -1.36. The first kappa shape index (κ1) is 31.3. The van der Waals surface area contributed by atoms with Gasteiger partial charge in [-0.1, -0.05) is 126 Å². The Labute approximate surface area is 253 Å². The number of alkyl halides is 3. The lowest BCUT2D eigenvalue weighted by Crippen LogP contribution is -2.62. The quantitative estimate of drug-likeness (QED) is 0.115. The fraction of sp³-hybridized carbons (Fsp3) is 0.333. The van der Waals surface area contributed by atoms with E-state index in [1.54, 1.807) is 0 Å². The predicted octanol–water partition coefficient (Wildman–Crippen LogP) is 6.35. The van der Waals surface area contributed by atoms with Gasteiger partial charge in [0.25, 0.3) is 3.79 Å². The van der Waals surface area contributed by atoms with Crippen molar-refractivity contribution < 1.29 is 33.2 Å². The van der Waals surface area contributed by atoms with E-state index in [0.717, 1.165) is 16.7 Å². The highest BCUT2D eigenvalue weighted by molar-refractivity contribution is 6.76. The molecule has 1 aliphatic heterocycles. The zero-order valence-corrected chi connectivity index (χ0v) is 24.4. The second-order valence-electron chi connectivity index (χ2n) is 9.21. The first-order chi connectivity index (χ1) is 19.7. The van der Waals surface area contributed by atoms with Crippen molar-refractivity contribution in [3.63, 3.8) is 0 Å². The van der Waals surface area contributed by atoms with Gasteiger partial charge >= 0.3 is 5.97 Å². The van der Waals surface area contributed by atoms with Gasteiger partial charge in [0.2, 0.25) is 12.2 Å². The summed E-state index contributed by atoms with van der Waals surface area (Å²) in [4.78, 5) is 12.2. The van der Waals surface area contributed by atoms with E-state index in [9.17, 15) is 4.79 Å². The molecule has 3 aromatic carbocycles. The topological polar surface area (TPSA) is 96.3 Å². The van der Waals surface area contributed by atoms with E-state index in [0.29, 0.717) is 0 Å². The number of rotatable bonds is 11. The van der Waals surface area contributed by atoms with Crippen LogP contribution in [-0.2, 0) is 53.0 Å². The lowest BCUT2D eigenvalue weighted by Gasteiger charge is -2.45. The molecule has 0 spiro atoms. The van der Waals surface area contributed by atoms with Crippen molar-refractivity contribution in [2.24, 2.45) is 0 Å². The summed E-state index contributed by atoms with van der Waals surface area (Å²) in [7, 11) is 0. The number of esters is 1. The lowest BCUT2D eigenvalue weighted by atomic mass is 10.0. The van der Waals surface area contributed by atoms with Crippen molar-refractivity contribution in [2.75, 3.05) is 0 Å². The Kier molecular flexibility index (Phi) is 11.4. The minimum Gasteiger partial charge on any atom is -0.453 e. The van der Waals surface area contributed by atoms with Crippen molar-refractivity contribution in [3.8, 4) is 0 Å². The second-order valence-corrected chi connectivity index (χ2v) is 11.5. The number of carbonyl (C=O) groups is 1. The fourth-order valence-electron chi connectivity index (χ4n) is 4.16. The molecular formula is C30H30Cl3NO7. The van der Waals surface area contributed by atoms with Gasteiger partial charge in [0.1, 0.15) is 12.2 Å². The molecule has 1 fully saturated rings. The van der Waals surface area contributed by atoms with Crippen LogP contribution < -0.4 is 0 Å². The molecule has 8 nitrogen and oxygen atoms in total. The van der Waals surface area contributed by atoms with Crippen molar-refractivity contribution in [1.29, 1.82) is 5.41 Å². The highest BCUT2D eigenvalue weighted by atomic mass is 35.6. The maximum atomic E-state index is 12.2. The molecule has 0 aliphatic carbocycles. The number of benzene rings is 3. The summed E-state index contributed by atoms with van der Waals surface area (Å²) in [6.45, 7) is 1.74. The molecule has 3 aromatic rings. The van der Waals surface area contributed by atoms with Crippen LogP contribution in [0.3, 0.4) is 0 Å². The molecule has 218 valence electrons. The first-order valence-electron chi connectivity index (χ1n) is 12.8. The van der Waals surface area contributed by atoms with Gasteiger partial charge in [-0.05, 0) is 16.7 Å². The number of ether oxygens (including phenoxy) is 6. The van der Waals surface area contributed by atoms with E-state index in [1.165, 1.54) is 6.92 Å². The summed E-state index contributed by atoms with van der Waals surface area (Å²) >= 11 is 17.7. The van der Waals surface area contributed by atoms with E-state index in [2.05, 4.69) is 0 Å². The van der Waals surface area contributed by atoms with Gasteiger partial charge < -0.3 is 28.4 Å². The maximum Gasteiger partial charge on any atom is 0.303 e. The molecule has 0 unspecified atom stereocenters. The molecule has 0 bridgehead atoms. The average Bonchev–Trinajstić information content (AvgIpc) is 2.96. The smallest absolute Gasteiger partial charge is 0.303 e. The normalized spacial score (nSPS) is 22.6. The predicted molar refractivity (Wildman–Crippen MR) is 155 cm³/mol. The van der Waals surface area contributed by atoms with Crippen LogP contribution >= 0.6 is 34.8 Å². The molecule has 0 amide bonds. The number of hydrogen-bond donors (Lipinski definition) is 1. The highest BCUT2D eigenvalue weighted by Gasteiger charge is 2.52. The van der Waals surface area contributed by atoms with Gasteiger partial charge in [0.05, 0.1) is 19.8 Å². The van der Waals surface area contributed by atoms with Gasteiger partial charge in [-0.25, -0.2) is 0 Å². The van der Waals surface area contributed by atoms with Crippen molar-refractivity contribution >= 4 is 46.7 Å². The molecule has 1 aliphatic rings. The molecule has 0 radical (unpaired) electrons. The minimum atomic E-state index is -2.19. The van der Waals surface area contributed by atoms with Crippen LogP contribution in [0.15, 0.2) is 91.0 Å². The van der Waals surface area contributed by atoms with Crippen LogP contribution in [0.4, 0.5) is 0 Å². The molecule has 11 heteroatoms. The van der Waals surface area contributed by atoms with Crippen LogP contribution in [0.25, 0.3) is 0 Å². The van der Waals surface area contributed by atoms with Gasteiger partial charge in [0.15, 0.2) is 12.4 Å². The Morgan fingerprint density at radius 1 is 0.683 bits per heavy atom. The summed E-state index contributed by atoms with van der Waals surface area (Å²) < 4.78 is 34.1. The third-order valence-corrected chi connectivity index (χ3v) is 6.59. The maximum absolute atomic E-state index is 12.2. The lowest BCUT2D eigenvalue weighted by molar-refractivity contribution is -0.353. The van der Waals surface area contributed by atoms with Crippen molar-refractivity contribution in [1.82, 2.24) is 0 Å². The summed E-state index contributed by atoms with van der Waals surface area (Å²) in [6.07, 6.45) is -5.57. The molecular weight excluding hydrogens is 593 g/mol. The average molecular weight is 623 g/mol. The van der Waals surface area contributed by atoms with E-state index in [4.69, 9.17) is 68.6 Å². The molecule has 0 aromatic heterocycles. The van der Waals surface area contributed by atoms with Crippen LogP contribution in [-0.4, -0.2) is 46.6 Å². The third-order valence-electron chi connectivity index (χ3n) is 6.07. The second kappa shape index (κ2) is 15.0. The zero-order valence-electron chi connectivity index (χ0n) is 22.2. The Morgan fingerprint density at radius 3 is 1.56 bits per heavy atom. The van der Waals surface area contributed by atoms with Gasteiger partial charge in [0, 0.05) is 6.92 Å². The minimum absolute atomic E-state index is 0.147. The summed E-state index contributed by atoms with van der Waals surface area (Å²) in [5.41, 5.74) is 2.65. The number of nitrogens with one attached hydrogen (secondary N) is 1. The molecule has 1 saturated heterocycles. The van der Waals surface area contributed by atoms with E-state index in [1.807, 2.05) is 91.0 Å². The number of hydrogen-bond acceptors (Lipinski definition) is 8. The summed E-state index contributed by atoms with van der Waals surface area (Å²) in [6, 6.07) is 28.5. The third kappa shape index (κ3) is 9.41. The molecule has 5 atom stereocenters. The van der Waals surface area contributed by atoms with Crippen molar-refractivity contribution in [2.45, 2.75) is 61.4 Å². The zero-order chi connectivity index (χ0) is 29.2. The van der Waals surface area contributed by atoms with E-state index < -0.39 is 46.6 Å². The Hall–Kier alpha value is -2.69. The molecule has 1 N–H and O–H groups in total. The van der Waals surface area contributed by atoms with Crippen LogP contribution in [0.2, 0.25) is 0 Å². The Bertz CT molecular complexity index is 1250. The molecule has 1 heterocycles. The summed E-state index contributed by atoms with van der Waals surface area (Å²) in [5, 5.41) is 8.15. The SMILES string of the molecule is CC(=O)O[C@H]1[C@@H](OC(=N)C(Cl)(Cl)Cl)O[C@H](OCc2ccccc2)[C@H](OCc2ccccc2)[C@@H]1OCc1ccccc1. The van der Waals surface area contributed by atoms with Gasteiger partial charge in [-0.15, -0.1) is 0 Å². The standard InChI is InChI=1S/C30H30Cl3NO7/c1-20(35)39-26-24(36-17-21-11-5-2-6-12-21)25(37-18-22-13-7-3-8-14-22)27(38-19-23-15-9-4-10-16-23)40-28(26)41-29(34)30(31,32)33/h2-16,24-28,34H,17-19H2,1H3/t24-,25+,26+,27-,28+/m0/s1. The molecule has 4 rings (SSSR count). The van der Waals surface area contributed by atoms with E-state index in [-0.39, 0.29) is 19.8 Å². The largest absolute Gasteiger partial charge is 0.453 e. The van der Waals surface area contributed by atoms with Crippen LogP contribution in [0.5, 0.6) is 0 Å². The molecule has 41 heavy (non-hydrogen) atoms. The monoisotopic (exact) mass is 621 g/mol. The van der Waals surface area contributed by atoms with Gasteiger partial charge in [-0.3, -0.25) is 10.2 Å². The van der Waals surface area contributed by atoms with Gasteiger partial charge in [-0.2, -0.15) is 0 Å². The van der Waals surface area contributed by atoms with E-state index >= 15 is 0 Å². The Morgan fingerprint density at radius 2 is 1.12 bits per heavy atom. The number of carbonyl (C=O) groups excluding carboxylic acids is 1. The fourth-order valence-corrected chi connectivity index (χ4v) is 4.29. The van der Waals surface area contributed by atoms with Crippen LogP contribution in [0, 0.1) is 5.41 Å². The Balaban J connectivity index is 1.67. The molecule has 0 saturated carbocycles. The number of halogens is 3.